The Kier molecular flexibility index (Phi) is 6.63. The Bertz CT molecular complexity index is 964. The molecule has 0 spiro atoms. The zero-order valence-electron chi connectivity index (χ0n) is 18.4. The van der Waals surface area contributed by atoms with E-state index in [1.165, 1.54) is 0 Å². The van der Waals surface area contributed by atoms with Crippen LogP contribution in [0, 0.1) is 5.92 Å². The van der Waals surface area contributed by atoms with Crippen LogP contribution in [-0.2, 0) is 9.59 Å². The third-order valence-electron chi connectivity index (χ3n) is 4.87. The summed E-state index contributed by atoms with van der Waals surface area (Å²) in [5.74, 6) is -0.419. The number of carbonyl (C=O) groups is 3. The minimum Gasteiger partial charge on any atom is -0.494 e. The summed E-state index contributed by atoms with van der Waals surface area (Å²) in [6.07, 6.45) is 0.120. The summed E-state index contributed by atoms with van der Waals surface area (Å²) >= 11 is 0. The largest absolute Gasteiger partial charge is 0.494 e. The molecule has 164 valence electrons. The maximum Gasteiger partial charge on any atom is 0.253 e. The van der Waals surface area contributed by atoms with Gasteiger partial charge >= 0.3 is 0 Å². The highest BCUT2D eigenvalue weighted by Crippen LogP contribution is 2.28. The van der Waals surface area contributed by atoms with Crippen molar-refractivity contribution < 1.29 is 19.1 Å². The Morgan fingerprint density at radius 3 is 2.42 bits per heavy atom. The number of hydrogen-bond donors (Lipinski definition) is 2. The van der Waals surface area contributed by atoms with E-state index in [0.29, 0.717) is 17.9 Å². The number of carbonyl (C=O) groups excluding carboxylic acids is 3. The lowest BCUT2D eigenvalue weighted by molar-refractivity contribution is -0.122. The van der Waals surface area contributed by atoms with Gasteiger partial charge in [-0.2, -0.15) is 0 Å². The molecule has 1 aliphatic heterocycles. The number of rotatable bonds is 6. The molecule has 2 N–H and O–H groups in total. The molecule has 7 heteroatoms. The normalized spacial score (nSPS) is 16.2. The van der Waals surface area contributed by atoms with Crippen LogP contribution in [0.25, 0.3) is 0 Å². The van der Waals surface area contributed by atoms with Gasteiger partial charge in [0, 0.05) is 24.2 Å². The minimum atomic E-state index is -0.502. The molecule has 3 rings (SSSR count). The van der Waals surface area contributed by atoms with Crippen LogP contribution in [0.3, 0.4) is 0 Å². The van der Waals surface area contributed by atoms with E-state index in [2.05, 4.69) is 10.6 Å². The van der Waals surface area contributed by atoms with Gasteiger partial charge in [0.1, 0.15) is 5.75 Å². The molecule has 2 aromatic carbocycles. The molecule has 1 heterocycles. The van der Waals surface area contributed by atoms with Gasteiger partial charge in [0.15, 0.2) is 0 Å². The second-order valence-electron chi connectivity index (χ2n) is 8.57. The third kappa shape index (κ3) is 5.63. The molecular weight excluding hydrogens is 394 g/mol. The molecule has 1 atom stereocenters. The lowest BCUT2D eigenvalue weighted by Crippen LogP contribution is -2.41. The summed E-state index contributed by atoms with van der Waals surface area (Å²) in [4.78, 5) is 39.7. The number of hydrogen-bond acceptors (Lipinski definition) is 4. The first kappa shape index (κ1) is 22.3. The molecule has 1 fully saturated rings. The topological polar surface area (TPSA) is 87.7 Å². The standard InChI is InChI=1S/C24H29N3O4/c1-5-31-18-12-10-17(11-13-18)27-15-16(14-21(27)28)22(29)25-20-9-7-6-8-19(20)23(30)26-24(2,3)4/h6-13,16H,5,14-15H2,1-4H3,(H,25,29)(H,26,30)/t16-/m1/s1. The number of para-hydroxylation sites is 1. The summed E-state index contributed by atoms with van der Waals surface area (Å²) in [5, 5.41) is 5.74. The van der Waals surface area contributed by atoms with Crippen LogP contribution < -0.4 is 20.3 Å². The van der Waals surface area contributed by atoms with Crippen LogP contribution >= 0.6 is 0 Å². The summed E-state index contributed by atoms with van der Waals surface area (Å²) in [6, 6.07) is 14.1. The van der Waals surface area contributed by atoms with Crippen LogP contribution in [0.5, 0.6) is 5.75 Å². The predicted molar refractivity (Wildman–Crippen MR) is 120 cm³/mol. The van der Waals surface area contributed by atoms with Gasteiger partial charge in [0.2, 0.25) is 11.8 Å². The van der Waals surface area contributed by atoms with Crippen LogP contribution in [0.1, 0.15) is 44.5 Å². The van der Waals surface area contributed by atoms with Crippen molar-refractivity contribution in [3.63, 3.8) is 0 Å². The van der Waals surface area contributed by atoms with E-state index in [1.54, 1.807) is 29.2 Å². The number of anilines is 2. The van der Waals surface area contributed by atoms with Gasteiger partial charge in [-0.3, -0.25) is 14.4 Å². The third-order valence-corrected chi connectivity index (χ3v) is 4.87. The van der Waals surface area contributed by atoms with Crippen molar-refractivity contribution in [1.29, 1.82) is 0 Å². The van der Waals surface area contributed by atoms with Crippen molar-refractivity contribution in [3.05, 3.63) is 54.1 Å². The highest BCUT2D eigenvalue weighted by molar-refractivity contribution is 6.07. The molecule has 0 radical (unpaired) electrons. The van der Waals surface area contributed by atoms with E-state index in [4.69, 9.17) is 4.74 Å². The van der Waals surface area contributed by atoms with Crippen molar-refractivity contribution in [3.8, 4) is 5.75 Å². The number of benzene rings is 2. The molecule has 0 aromatic heterocycles. The monoisotopic (exact) mass is 423 g/mol. The molecule has 0 saturated carbocycles. The van der Waals surface area contributed by atoms with E-state index in [0.717, 1.165) is 11.4 Å². The van der Waals surface area contributed by atoms with Gasteiger partial charge in [-0.15, -0.1) is 0 Å². The summed E-state index contributed by atoms with van der Waals surface area (Å²) < 4.78 is 5.44. The highest BCUT2D eigenvalue weighted by Gasteiger charge is 2.35. The first-order valence-corrected chi connectivity index (χ1v) is 10.4. The van der Waals surface area contributed by atoms with Crippen LogP contribution in [-0.4, -0.2) is 36.4 Å². The Balaban J connectivity index is 1.69. The maximum absolute atomic E-state index is 12.9. The van der Waals surface area contributed by atoms with Crippen molar-refractivity contribution in [1.82, 2.24) is 5.32 Å². The van der Waals surface area contributed by atoms with E-state index >= 15 is 0 Å². The molecular formula is C24H29N3O4. The molecule has 1 saturated heterocycles. The quantitative estimate of drug-likeness (QED) is 0.743. The molecule has 2 aromatic rings. The van der Waals surface area contributed by atoms with Gasteiger partial charge < -0.3 is 20.3 Å². The SMILES string of the molecule is CCOc1ccc(N2C[C@H](C(=O)Nc3ccccc3C(=O)NC(C)(C)C)CC2=O)cc1. The van der Waals surface area contributed by atoms with Gasteiger partial charge in [-0.25, -0.2) is 0 Å². The average Bonchev–Trinajstić information content (AvgIpc) is 3.10. The second-order valence-corrected chi connectivity index (χ2v) is 8.57. The van der Waals surface area contributed by atoms with Crippen LogP contribution in [0.4, 0.5) is 11.4 Å². The lowest BCUT2D eigenvalue weighted by atomic mass is 10.1. The van der Waals surface area contributed by atoms with E-state index in [9.17, 15) is 14.4 Å². The van der Waals surface area contributed by atoms with Crippen molar-refractivity contribution >= 4 is 29.1 Å². The molecule has 0 bridgehead atoms. The van der Waals surface area contributed by atoms with E-state index in [-0.39, 0.29) is 30.7 Å². The molecule has 0 unspecified atom stereocenters. The Hall–Kier alpha value is -3.35. The molecule has 7 nitrogen and oxygen atoms in total. The fourth-order valence-corrected chi connectivity index (χ4v) is 3.45. The predicted octanol–water partition coefficient (Wildman–Crippen LogP) is 3.61. The molecule has 0 aliphatic carbocycles. The smallest absolute Gasteiger partial charge is 0.253 e. The fraction of sp³-hybridized carbons (Fsp3) is 0.375. The van der Waals surface area contributed by atoms with Crippen molar-refractivity contribution in [2.75, 3.05) is 23.4 Å². The Morgan fingerprint density at radius 2 is 1.77 bits per heavy atom. The zero-order valence-corrected chi connectivity index (χ0v) is 18.4. The van der Waals surface area contributed by atoms with Crippen LogP contribution in [0.2, 0.25) is 0 Å². The molecule has 1 aliphatic rings. The average molecular weight is 424 g/mol. The Morgan fingerprint density at radius 1 is 1.10 bits per heavy atom. The van der Waals surface area contributed by atoms with Gasteiger partial charge in [-0.1, -0.05) is 12.1 Å². The highest BCUT2D eigenvalue weighted by atomic mass is 16.5. The van der Waals surface area contributed by atoms with Gasteiger partial charge in [-0.05, 0) is 64.1 Å². The number of nitrogens with zero attached hydrogens (tertiary/aromatic N) is 1. The van der Waals surface area contributed by atoms with Crippen LogP contribution in [0.15, 0.2) is 48.5 Å². The number of amides is 3. The van der Waals surface area contributed by atoms with Crippen molar-refractivity contribution in [2.24, 2.45) is 5.92 Å². The lowest BCUT2D eigenvalue weighted by Gasteiger charge is -2.22. The summed E-state index contributed by atoms with van der Waals surface area (Å²) in [6.45, 7) is 8.45. The fourth-order valence-electron chi connectivity index (χ4n) is 3.45. The summed E-state index contributed by atoms with van der Waals surface area (Å²) in [5.41, 5.74) is 1.15. The summed E-state index contributed by atoms with van der Waals surface area (Å²) in [7, 11) is 0. The van der Waals surface area contributed by atoms with E-state index in [1.807, 2.05) is 52.0 Å². The Labute approximate surface area is 182 Å². The zero-order chi connectivity index (χ0) is 22.6. The molecule has 31 heavy (non-hydrogen) atoms. The number of nitrogens with one attached hydrogen (secondary N) is 2. The van der Waals surface area contributed by atoms with Crippen molar-refractivity contribution in [2.45, 2.75) is 39.7 Å². The van der Waals surface area contributed by atoms with E-state index < -0.39 is 11.5 Å². The minimum absolute atomic E-state index is 0.108. The maximum atomic E-state index is 12.9. The second kappa shape index (κ2) is 9.20. The van der Waals surface area contributed by atoms with Gasteiger partial charge in [0.25, 0.3) is 5.91 Å². The molecule has 3 amide bonds. The number of ether oxygens (including phenoxy) is 1. The van der Waals surface area contributed by atoms with Gasteiger partial charge in [0.05, 0.1) is 23.8 Å². The first-order valence-electron chi connectivity index (χ1n) is 10.4. The first-order chi connectivity index (χ1) is 14.7.